The topological polar surface area (TPSA) is 26.3 Å². The van der Waals surface area contributed by atoms with Gasteiger partial charge in [0.2, 0.25) is 0 Å². The molecule has 2 heteroatoms. The summed E-state index contributed by atoms with van der Waals surface area (Å²) in [7, 11) is 1.46. The molecule has 2 nitrogen and oxygen atoms in total. The molecule has 1 fully saturated rings. The number of rotatable bonds is 2. The number of esters is 1. The van der Waals surface area contributed by atoms with Crippen LogP contribution >= 0.6 is 0 Å². The molecule has 0 heterocycles. The van der Waals surface area contributed by atoms with Gasteiger partial charge in [-0.05, 0) is 31.6 Å². The summed E-state index contributed by atoms with van der Waals surface area (Å²) in [4.78, 5) is 11.5. The molecular formula is C11H18O2. The van der Waals surface area contributed by atoms with E-state index < -0.39 is 0 Å². The van der Waals surface area contributed by atoms with E-state index in [9.17, 15) is 4.79 Å². The van der Waals surface area contributed by atoms with Crippen molar-refractivity contribution in [3.8, 4) is 0 Å². The molecule has 0 amide bonds. The van der Waals surface area contributed by atoms with Gasteiger partial charge in [0.05, 0.1) is 13.0 Å². The van der Waals surface area contributed by atoms with E-state index in [1.54, 1.807) is 0 Å². The van der Waals surface area contributed by atoms with Crippen LogP contribution in [0, 0.1) is 17.8 Å². The van der Waals surface area contributed by atoms with Gasteiger partial charge in [-0.2, -0.15) is 0 Å². The molecule has 0 aromatic carbocycles. The second kappa shape index (κ2) is 3.95. The van der Waals surface area contributed by atoms with Crippen LogP contribution in [-0.2, 0) is 9.53 Å². The van der Waals surface area contributed by atoms with Crippen LogP contribution in [0.2, 0.25) is 0 Å². The van der Waals surface area contributed by atoms with Gasteiger partial charge < -0.3 is 4.74 Å². The standard InChI is InChI=1S/C11H18O2/c1-7(2)9-6-5-8(3)10(9)11(12)13-4/h8-10H,1,5-6H2,2-4H3/t8-,9-,10-/m1/s1. The molecule has 1 aliphatic rings. The summed E-state index contributed by atoms with van der Waals surface area (Å²) in [6, 6.07) is 0. The molecular weight excluding hydrogens is 164 g/mol. The van der Waals surface area contributed by atoms with E-state index >= 15 is 0 Å². The quantitative estimate of drug-likeness (QED) is 0.484. The summed E-state index contributed by atoms with van der Waals surface area (Å²) < 4.78 is 4.80. The molecule has 0 spiro atoms. The molecule has 1 rings (SSSR count). The third kappa shape index (κ3) is 1.93. The van der Waals surface area contributed by atoms with Crippen LogP contribution in [0.25, 0.3) is 0 Å². The van der Waals surface area contributed by atoms with E-state index in [1.165, 1.54) is 7.11 Å². The third-order valence-corrected chi connectivity index (χ3v) is 3.09. The average Bonchev–Trinajstić information content (AvgIpc) is 2.46. The highest BCUT2D eigenvalue weighted by atomic mass is 16.5. The third-order valence-electron chi connectivity index (χ3n) is 3.09. The van der Waals surface area contributed by atoms with E-state index in [4.69, 9.17) is 4.74 Å². The number of ether oxygens (including phenoxy) is 1. The minimum atomic E-state index is -0.0713. The number of hydrogen-bond acceptors (Lipinski definition) is 2. The Morgan fingerprint density at radius 1 is 1.46 bits per heavy atom. The largest absolute Gasteiger partial charge is 0.469 e. The van der Waals surface area contributed by atoms with Gasteiger partial charge in [0, 0.05) is 0 Å². The van der Waals surface area contributed by atoms with Gasteiger partial charge in [-0.1, -0.05) is 19.1 Å². The molecule has 0 aromatic heterocycles. The molecule has 0 radical (unpaired) electrons. The zero-order valence-corrected chi connectivity index (χ0v) is 8.67. The lowest BCUT2D eigenvalue weighted by Crippen LogP contribution is -2.25. The van der Waals surface area contributed by atoms with Crippen molar-refractivity contribution in [2.75, 3.05) is 7.11 Å². The summed E-state index contributed by atoms with van der Waals surface area (Å²) >= 11 is 0. The fourth-order valence-corrected chi connectivity index (χ4v) is 2.28. The maximum Gasteiger partial charge on any atom is 0.309 e. The van der Waals surface area contributed by atoms with Gasteiger partial charge in [-0.25, -0.2) is 0 Å². The van der Waals surface area contributed by atoms with Gasteiger partial charge >= 0.3 is 5.97 Å². The minimum Gasteiger partial charge on any atom is -0.469 e. The van der Waals surface area contributed by atoms with Gasteiger partial charge in [0.1, 0.15) is 0 Å². The fraction of sp³-hybridized carbons (Fsp3) is 0.727. The van der Waals surface area contributed by atoms with Gasteiger partial charge in [0.15, 0.2) is 0 Å². The fourth-order valence-electron chi connectivity index (χ4n) is 2.28. The summed E-state index contributed by atoms with van der Waals surface area (Å²) in [5.41, 5.74) is 1.11. The lowest BCUT2D eigenvalue weighted by Gasteiger charge is -2.20. The zero-order valence-electron chi connectivity index (χ0n) is 8.67. The van der Waals surface area contributed by atoms with Crippen LogP contribution in [0.1, 0.15) is 26.7 Å². The first-order chi connectivity index (χ1) is 6.07. The van der Waals surface area contributed by atoms with E-state index in [-0.39, 0.29) is 11.9 Å². The lowest BCUT2D eigenvalue weighted by molar-refractivity contribution is -0.147. The molecule has 0 saturated heterocycles. The van der Waals surface area contributed by atoms with Crippen molar-refractivity contribution in [1.82, 2.24) is 0 Å². The molecule has 0 unspecified atom stereocenters. The highest BCUT2D eigenvalue weighted by molar-refractivity contribution is 5.73. The number of carbonyl (C=O) groups is 1. The molecule has 74 valence electrons. The van der Waals surface area contributed by atoms with Crippen molar-refractivity contribution in [2.24, 2.45) is 17.8 Å². The first-order valence-corrected chi connectivity index (χ1v) is 4.81. The smallest absolute Gasteiger partial charge is 0.309 e. The molecule has 0 aromatic rings. The number of methoxy groups -OCH3 is 1. The second-order valence-corrected chi connectivity index (χ2v) is 4.06. The molecule has 0 aliphatic heterocycles. The molecule has 1 aliphatic carbocycles. The Kier molecular flexibility index (Phi) is 3.12. The number of allylic oxidation sites excluding steroid dienone is 1. The molecule has 13 heavy (non-hydrogen) atoms. The Bertz CT molecular complexity index is 220. The first kappa shape index (κ1) is 10.3. The maximum absolute atomic E-state index is 11.5. The summed E-state index contributed by atoms with van der Waals surface area (Å²) in [6.07, 6.45) is 2.19. The Hall–Kier alpha value is -0.790. The Labute approximate surface area is 80.0 Å². The van der Waals surface area contributed by atoms with E-state index in [2.05, 4.69) is 13.5 Å². The summed E-state index contributed by atoms with van der Waals surface area (Å²) in [6.45, 7) is 8.04. The lowest BCUT2D eigenvalue weighted by atomic mass is 9.86. The zero-order chi connectivity index (χ0) is 10.0. The van der Waals surface area contributed by atoms with Crippen molar-refractivity contribution < 1.29 is 9.53 Å². The van der Waals surface area contributed by atoms with Crippen molar-refractivity contribution in [2.45, 2.75) is 26.7 Å². The van der Waals surface area contributed by atoms with Crippen molar-refractivity contribution >= 4 is 5.97 Å². The van der Waals surface area contributed by atoms with Crippen LogP contribution in [0.4, 0.5) is 0 Å². The predicted molar refractivity (Wildman–Crippen MR) is 52.2 cm³/mol. The van der Waals surface area contributed by atoms with Gasteiger partial charge in [0.25, 0.3) is 0 Å². The van der Waals surface area contributed by atoms with E-state index in [1.807, 2.05) is 6.92 Å². The average molecular weight is 182 g/mol. The molecule has 0 N–H and O–H groups in total. The molecule has 1 saturated carbocycles. The summed E-state index contributed by atoms with van der Waals surface area (Å²) in [5, 5.41) is 0. The van der Waals surface area contributed by atoms with Crippen LogP contribution in [0.5, 0.6) is 0 Å². The normalized spacial score (nSPS) is 33.0. The second-order valence-electron chi connectivity index (χ2n) is 4.06. The number of hydrogen-bond donors (Lipinski definition) is 0. The Morgan fingerprint density at radius 2 is 2.08 bits per heavy atom. The van der Waals surface area contributed by atoms with Crippen LogP contribution in [0.15, 0.2) is 12.2 Å². The van der Waals surface area contributed by atoms with Crippen LogP contribution < -0.4 is 0 Å². The van der Waals surface area contributed by atoms with Crippen LogP contribution in [-0.4, -0.2) is 13.1 Å². The maximum atomic E-state index is 11.5. The highest BCUT2D eigenvalue weighted by Crippen LogP contribution is 2.40. The van der Waals surface area contributed by atoms with E-state index in [0.717, 1.165) is 18.4 Å². The van der Waals surface area contributed by atoms with E-state index in [0.29, 0.717) is 11.8 Å². The first-order valence-electron chi connectivity index (χ1n) is 4.81. The predicted octanol–water partition coefficient (Wildman–Crippen LogP) is 2.40. The van der Waals surface area contributed by atoms with Gasteiger partial charge in [-0.15, -0.1) is 0 Å². The van der Waals surface area contributed by atoms with Crippen molar-refractivity contribution in [3.05, 3.63) is 12.2 Å². The highest BCUT2D eigenvalue weighted by Gasteiger charge is 2.39. The van der Waals surface area contributed by atoms with Gasteiger partial charge in [-0.3, -0.25) is 4.79 Å². The van der Waals surface area contributed by atoms with Crippen molar-refractivity contribution in [1.29, 1.82) is 0 Å². The molecule has 0 bridgehead atoms. The Morgan fingerprint density at radius 3 is 2.54 bits per heavy atom. The summed E-state index contributed by atoms with van der Waals surface area (Å²) in [5.74, 6) is 0.747. The monoisotopic (exact) mass is 182 g/mol. The minimum absolute atomic E-state index is 0.0440. The molecule has 3 atom stereocenters. The number of carbonyl (C=O) groups excluding carboxylic acids is 1. The SMILES string of the molecule is C=C(C)[C@H]1CC[C@@H](C)[C@H]1C(=O)OC. The van der Waals surface area contributed by atoms with Crippen molar-refractivity contribution in [3.63, 3.8) is 0 Å². The Balaban J connectivity index is 2.76. The van der Waals surface area contributed by atoms with Crippen LogP contribution in [0.3, 0.4) is 0 Å².